The van der Waals surface area contributed by atoms with Gasteiger partial charge in [0, 0.05) is 7.05 Å². The Morgan fingerprint density at radius 2 is 1.77 bits per heavy atom. The van der Waals surface area contributed by atoms with Crippen LogP contribution in [-0.2, 0) is 22.3 Å². The maximum absolute atomic E-state index is 13.6. The molecule has 0 radical (unpaired) electrons. The van der Waals surface area contributed by atoms with Crippen molar-refractivity contribution in [2.75, 3.05) is 7.05 Å². The standard InChI is InChI=1S/C17H18F6N2O4S/c1-24-15-25-9-10(26)11(27)12(29-14(9)30-15)13(17(21,22)23)28-6-7-2-4-8(5-3-7)16(18,19)20/h2-5,9-14,26-27H,6H2,1H3,(H,24,25). The quantitative estimate of drug-likeness (QED) is 0.599. The zero-order valence-electron chi connectivity index (χ0n) is 15.3. The van der Waals surface area contributed by atoms with Gasteiger partial charge in [-0.05, 0) is 17.7 Å². The average Bonchev–Trinajstić information content (AvgIpc) is 3.08. The number of aliphatic imine (C=N–C) groups is 1. The first kappa shape index (κ1) is 23.1. The zero-order valence-corrected chi connectivity index (χ0v) is 16.1. The van der Waals surface area contributed by atoms with E-state index in [1.165, 1.54) is 7.05 Å². The van der Waals surface area contributed by atoms with E-state index in [1.54, 1.807) is 0 Å². The number of hydrogen-bond acceptors (Lipinski definition) is 6. The molecule has 0 bridgehead atoms. The van der Waals surface area contributed by atoms with Crippen molar-refractivity contribution in [3.05, 3.63) is 35.4 Å². The number of fused-ring (bicyclic) bond motifs is 1. The summed E-state index contributed by atoms with van der Waals surface area (Å²) >= 11 is 0.967. The molecule has 6 atom stereocenters. The Kier molecular flexibility index (Phi) is 6.58. The normalized spacial score (nSPS) is 32.0. The van der Waals surface area contributed by atoms with E-state index in [2.05, 4.69) is 10.3 Å². The van der Waals surface area contributed by atoms with Crippen molar-refractivity contribution in [3.63, 3.8) is 0 Å². The summed E-state index contributed by atoms with van der Waals surface area (Å²) in [5.41, 5.74) is -1.82. The Bertz CT molecular complexity index is 773. The van der Waals surface area contributed by atoms with Crippen LogP contribution in [0.2, 0.25) is 0 Å². The van der Waals surface area contributed by atoms with E-state index in [1.807, 2.05) is 0 Å². The van der Waals surface area contributed by atoms with Crippen LogP contribution < -0.4 is 5.32 Å². The monoisotopic (exact) mass is 460 g/mol. The highest BCUT2D eigenvalue weighted by atomic mass is 32.2. The SMILES string of the molecule is CN=C1NC2C(OC(C(OCc3ccc(C(F)(F)F)cc3)C(F)(F)F)C(O)C2O)S1. The van der Waals surface area contributed by atoms with Gasteiger partial charge in [-0.2, -0.15) is 26.3 Å². The van der Waals surface area contributed by atoms with Crippen LogP contribution in [0.25, 0.3) is 0 Å². The van der Waals surface area contributed by atoms with E-state index in [4.69, 9.17) is 9.47 Å². The Morgan fingerprint density at radius 3 is 2.30 bits per heavy atom. The Balaban J connectivity index is 1.74. The third kappa shape index (κ3) is 4.85. The molecule has 2 aliphatic rings. The molecule has 168 valence electrons. The van der Waals surface area contributed by atoms with Crippen LogP contribution in [-0.4, -0.2) is 64.5 Å². The topological polar surface area (TPSA) is 83.3 Å². The molecule has 1 aromatic carbocycles. The summed E-state index contributed by atoms with van der Waals surface area (Å²) in [6.45, 7) is -0.674. The molecule has 0 aliphatic carbocycles. The molecule has 6 unspecified atom stereocenters. The molecule has 2 heterocycles. The number of nitrogens with zero attached hydrogens (tertiary/aromatic N) is 1. The zero-order chi connectivity index (χ0) is 22.3. The predicted octanol–water partition coefficient (Wildman–Crippen LogP) is 2.29. The Labute approximate surface area is 171 Å². The molecule has 30 heavy (non-hydrogen) atoms. The minimum Gasteiger partial charge on any atom is -0.388 e. The number of alkyl halides is 6. The average molecular weight is 460 g/mol. The number of aliphatic hydroxyl groups excluding tert-OH is 2. The Morgan fingerprint density at radius 1 is 1.13 bits per heavy atom. The van der Waals surface area contributed by atoms with Crippen LogP contribution in [0.5, 0.6) is 0 Å². The fourth-order valence-electron chi connectivity index (χ4n) is 3.15. The van der Waals surface area contributed by atoms with Gasteiger partial charge in [-0.15, -0.1) is 0 Å². The molecule has 0 saturated carbocycles. The van der Waals surface area contributed by atoms with Gasteiger partial charge in [-0.25, -0.2) is 0 Å². The highest BCUT2D eigenvalue weighted by Crippen LogP contribution is 2.39. The Hall–Kier alpha value is -1.54. The van der Waals surface area contributed by atoms with Crippen LogP contribution in [0.15, 0.2) is 29.3 Å². The largest absolute Gasteiger partial charge is 0.417 e. The number of nitrogens with one attached hydrogen (secondary N) is 1. The number of ether oxygens (including phenoxy) is 2. The lowest BCUT2D eigenvalue weighted by atomic mass is 9.94. The summed E-state index contributed by atoms with van der Waals surface area (Å²) in [7, 11) is 1.44. The fourth-order valence-corrected chi connectivity index (χ4v) is 4.24. The summed E-state index contributed by atoms with van der Waals surface area (Å²) in [5.74, 6) is 0. The van der Waals surface area contributed by atoms with Crippen molar-refractivity contribution in [1.82, 2.24) is 5.32 Å². The molecule has 2 fully saturated rings. The van der Waals surface area contributed by atoms with Gasteiger partial charge in [-0.1, -0.05) is 23.9 Å². The molecule has 2 saturated heterocycles. The number of hydrogen-bond donors (Lipinski definition) is 3. The number of thioether (sulfide) groups is 1. The van der Waals surface area contributed by atoms with Crippen molar-refractivity contribution in [2.24, 2.45) is 4.99 Å². The molecule has 1 aromatic rings. The molecule has 0 amide bonds. The van der Waals surface area contributed by atoms with Crippen molar-refractivity contribution in [1.29, 1.82) is 0 Å². The first-order valence-corrected chi connectivity index (χ1v) is 9.56. The molecule has 3 rings (SSSR count). The molecule has 3 N–H and O–H groups in total. The number of amidine groups is 1. The third-order valence-corrected chi connectivity index (χ3v) is 5.85. The number of halogens is 6. The second-order valence-electron chi connectivity index (χ2n) is 6.73. The van der Waals surface area contributed by atoms with Crippen molar-refractivity contribution in [3.8, 4) is 0 Å². The highest BCUT2D eigenvalue weighted by Gasteiger charge is 2.57. The maximum atomic E-state index is 13.6. The van der Waals surface area contributed by atoms with Gasteiger partial charge in [-0.3, -0.25) is 4.99 Å². The lowest BCUT2D eigenvalue weighted by Gasteiger charge is -2.42. The van der Waals surface area contributed by atoms with E-state index >= 15 is 0 Å². The highest BCUT2D eigenvalue weighted by molar-refractivity contribution is 8.14. The lowest BCUT2D eigenvalue weighted by molar-refractivity contribution is -0.287. The second-order valence-corrected chi connectivity index (χ2v) is 7.82. The lowest BCUT2D eigenvalue weighted by Crippen LogP contribution is -2.63. The second kappa shape index (κ2) is 8.54. The van der Waals surface area contributed by atoms with Crippen molar-refractivity contribution in [2.45, 2.75) is 54.9 Å². The predicted molar refractivity (Wildman–Crippen MR) is 94.6 cm³/mol. The van der Waals surface area contributed by atoms with E-state index < -0.39 is 60.4 Å². The van der Waals surface area contributed by atoms with E-state index in [0.717, 1.165) is 36.0 Å². The molecule has 6 nitrogen and oxygen atoms in total. The summed E-state index contributed by atoms with van der Waals surface area (Å²) in [6.07, 6.45) is -17.6. The van der Waals surface area contributed by atoms with Gasteiger partial charge in [0.1, 0.15) is 23.7 Å². The maximum Gasteiger partial charge on any atom is 0.417 e. The smallest absolute Gasteiger partial charge is 0.388 e. The first-order valence-electron chi connectivity index (χ1n) is 8.68. The van der Waals surface area contributed by atoms with Gasteiger partial charge in [0.25, 0.3) is 0 Å². The summed E-state index contributed by atoms with van der Waals surface area (Å²) < 4.78 is 89.0. The van der Waals surface area contributed by atoms with Gasteiger partial charge < -0.3 is 25.0 Å². The van der Waals surface area contributed by atoms with Crippen molar-refractivity contribution < 1.29 is 46.0 Å². The molecule has 2 aliphatic heterocycles. The first-order chi connectivity index (χ1) is 13.9. The molecule has 0 spiro atoms. The third-order valence-electron chi connectivity index (χ3n) is 4.69. The number of benzene rings is 1. The van der Waals surface area contributed by atoms with E-state index in [-0.39, 0.29) is 5.56 Å². The fraction of sp³-hybridized carbons (Fsp3) is 0.588. The van der Waals surface area contributed by atoms with Crippen LogP contribution in [0.1, 0.15) is 11.1 Å². The van der Waals surface area contributed by atoms with Crippen LogP contribution >= 0.6 is 11.8 Å². The number of rotatable bonds is 4. The summed E-state index contributed by atoms with van der Waals surface area (Å²) in [4.78, 5) is 3.85. The van der Waals surface area contributed by atoms with E-state index in [9.17, 15) is 36.6 Å². The summed E-state index contributed by atoms with van der Waals surface area (Å²) in [5, 5.41) is 23.6. The van der Waals surface area contributed by atoms with E-state index in [0.29, 0.717) is 5.17 Å². The van der Waals surface area contributed by atoms with Gasteiger partial charge in [0.15, 0.2) is 11.3 Å². The summed E-state index contributed by atoms with van der Waals surface area (Å²) in [6, 6.07) is 2.60. The molecule has 0 aromatic heterocycles. The van der Waals surface area contributed by atoms with Crippen LogP contribution in [0.3, 0.4) is 0 Å². The van der Waals surface area contributed by atoms with Gasteiger partial charge >= 0.3 is 12.4 Å². The minimum atomic E-state index is -4.97. The minimum absolute atomic E-state index is 0.0679. The van der Waals surface area contributed by atoms with Crippen LogP contribution in [0, 0.1) is 0 Å². The van der Waals surface area contributed by atoms with Gasteiger partial charge in [0.2, 0.25) is 0 Å². The van der Waals surface area contributed by atoms with Gasteiger partial charge in [0.05, 0.1) is 18.2 Å². The molecule has 13 heteroatoms. The van der Waals surface area contributed by atoms with Crippen molar-refractivity contribution >= 4 is 16.9 Å². The molecular weight excluding hydrogens is 442 g/mol. The van der Waals surface area contributed by atoms with Crippen LogP contribution in [0.4, 0.5) is 26.3 Å². The molecular formula is C17H18F6N2O4S. The number of aliphatic hydroxyl groups is 2.